The molecule has 2 heterocycles. The summed E-state index contributed by atoms with van der Waals surface area (Å²) in [5, 5.41) is 11.8. The van der Waals surface area contributed by atoms with E-state index in [2.05, 4.69) is 10.3 Å². The van der Waals surface area contributed by atoms with Gasteiger partial charge in [0.25, 0.3) is 5.91 Å². The number of carboxylic acid groups (broad SMARTS) is 1. The lowest BCUT2D eigenvalue weighted by Gasteiger charge is -2.12. The number of halogens is 3. The molecule has 1 amide bonds. The number of nitrogens with one attached hydrogen (secondary N) is 1. The summed E-state index contributed by atoms with van der Waals surface area (Å²) in [6, 6.07) is 1.83. The van der Waals surface area contributed by atoms with E-state index in [9.17, 15) is 22.8 Å². The van der Waals surface area contributed by atoms with E-state index in [0.29, 0.717) is 10.9 Å². The van der Waals surface area contributed by atoms with E-state index in [0.717, 1.165) is 17.4 Å². The van der Waals surface area contributed by atoms with Crippen LogP contribution in [0.2, 0.25) is 0 Å². The monoisotopic (exact) mass is 360 g/mol. The first-order valence-corrected chi connectivity index (χ1v) is 7.91. The Morgan fingerprint density at radius 1 is 1.38 bits per heavy atom. The Morgan fingerprint density at radius 3 is 2.62 bits per heavy atom. The molecule has 2 aromatic heterocycles. The summed E-state index contributed by atoms with van der Waals surface area (Å²) in [4.78, 5) is 26.8. The van der Waals surface area contributed by atoms with Gasteiger partial charge < -0.3 is 10.4 Å². The number of aryl methyl sites for hydroxylation is 1. The molecular formula is C15H15F3N2O3S. The van der Waals surface area contributed by atoms with Gasteiger partial charge >= 0.3 is 12.1 Å². The number of amides is 1. The summed E-state index contributed by atoms with van der Waals surface area (Å²) in [7, 11) is 0. The van der Waals surface area contributed by atoms with Crippen molar-refractivity contribution in [1.29, 1.82) is 0 Å². The fraction of sp³-hybridized carbons (Fsp3) is 0.400. The largest absolute Gasteiger partial charge is 0.481 e. The molecule has 0 saturated heterocycles. The highest BCUT2D eigenvalue weighted by Gasteiger charge is 2.33. The maximum Gasteiger partial charge on any atom is 0.433 e. The number of rotatable bonds is 5. The predicted molar refractivity (Wildman–Crippen MR) is 83.2 cm³/mol. The zero-order chi connectivity index (χ0) is 18.1. The standard InChI is InChI=1S/C15H15F3N2O3S/c1-7(3-6-11(21)22)19-13(23)12-8(2)9-4-5-10(15(16,17)18)20-14(9)24-12/h4-5,7H,3,6H2,1-2H3,(H,19,23)(H,21,22). The third kappa shape index (κ3) is 4.02. The van der Waals surface area contributed by atoms with E-state index >= 15 is 0 Å². The Labute approximate surface area is 139 Å². The van der Waals surface area contributed by atoms with E-state index in [4.69, 9.17) is 5.11 Å². The molecule has 5 nitrogen and oxygen atoms in total. The van der Waals surface area contributed by atoms with Crippen molar-refractivity contribution >= 4 is 33.4 Å². The summed E-state index contributed by atoms with van der Waals surface area (Å²) in [6.45, 7) is 3.31. The molecule has 24 heavy (non-hydrogen) atoms. The minimum atomic E-state index is -4.54. The maximum absolute atomic E-state index is 12.7. The second kappa shape index (κ2) is 6.76. The van der Waals surface area contributed by atoms with Crippen LogP contribution in [0.15, 0.2) is 12.1 Å². The molecule has 0 bridgehead atoms. The van der Waals surface area contributed by atoms with Gasteiger partial charge in [0.05, 0.1) is 4.88 Å². The van der Waals surface area contributed by atoms with Gasteiger partial charge in [0.15, 0.2) is 0 Å². The van der Waals surface area contributed by atoms with Crippen LogP contribution >= 0.6 is 11.3 Å². The highest BCUT2D eigenvalue weighted by atomic mass is 32.1. The molecule has 0 aromatic carbocycles. The van der Waals surface area contributed by atoms with E-state index in [1.807, 2.05) is 0 Å². The Morgan fingerprint density at radius 2 is 2.04 bits per heavy atom. The first-order valence-electron chi connectivity index (χ1n) is 7.09. The molecule has 1 atom stereocenters. The van der Waals surface area contributed by atoms with Crippen molar-refractivity contribution in [2.45, 2.75) is 38.9 Å². The summed E-state index contributed by atoms with van der Waals surface area (Å²) < 4.78 is 38.2. The fourth-order valence-electron chi connectivity index (χ4n) is 2.18. The lowest BCUT2D eigenvalue weighted by Crippen LogP contribution is -2.32. The number of pyridine rings is 1. The number of carbonyl (C=O) groups is 2. The van der Waals surface area contributed by atoms with Crippen LogP contribution < -0.4 is 5.32 Å². The number of carbonyl (C=O) groups excluding carboxylic acids is 1. The number of hydrogen-bond acceptors (Lipinski definition) is 4. The molecule has 9 heteroatoms. The molecule has 1 unspecified atom stereocenters. The zero-order valence-corrected chi connectivity index (χ0v) is 13.7. The van der Waals surface area contributed by atoms with Crippen LogP contribution in [0.4, 0.5) is 13.2 Å². The summed E-state index contributed by atoms with van der Waals surface area (Å²) in [5.74, 6) is -1.40. The number of alkyl halides is 3. The highest BCUT2D eigenvalue weighted by molar-refractivity contribution is 7.20. The summed E-state index contributed by atoms with van der Waals surface area (Å²) in [6.07, 6.45) is -4.36. The van der Waals surface area contributed by atoms with Crippen molar-refractivity contribution < 1.29 is 27.9 Å². The molecule has 0 spiro atoms. The molecule has 0 aliphatic rings. The van der Waals surface area contributed by atoms with Gasteiger partial charge in [0.2, 0.25) is 0 Å². The predicted octanol–water partition coefficient (Wildman–Crippen LogP) is 3.61. The van der Waals surface area contributed by atoms with Crippen molar-refractivity contribution in [2.75, 3.05) is 0 Å². The summed E-state index contributed by atoms with van der Waals surface area (Å²) in [5.41, 5.74) is -0.447. The molecule has 0 radical (unpaired) electrons. The molecule has 0 aliphatic heterocycles. The number of aliphatic carboxylic acids is 1. The molecular weight excluding hydrogens is 345 g/mol. The quantitative estimate of drug-likeness (QED) is 0.854. The van der Waals surface area contributed by atoms with Gasteiger partial charge in [-0.25, -0.2) is 4.98 Å². The Balaban J connectivity index is 2.24. The second-order valence-electron chi connectivity index (χ2n) is 5.41. The number of thiophene rings is 1. The van der Waals surface area contributed by atoms with Crippen LogP contribution in [0.5, 0.6) is 0 Å². The Bertz CT molecular complexity index is 786. The highest BCUT2D eigenvalue weighted by Crippen LogP contribution is 2.34. The third-order valence-electron chi connectivity index (χ3n) is 3.47. The molecule has 130 valence electrons. The average Bonchev–Trinajstić information content (AvgIpc) is 2.81. The average molecular weight is 360 g/mol. The molecule has 0 aliphatic carbocycles. The van der Waals surface area contributed by atoms with E-state index < -0.39 is 23.7 Å². The van der Waals surface area contributed by atoms with Gasteiger partial charge in [-0.1, -0.05) is 0 Å². The van der Waals surface area contributed by atoms with Gasteiger partial charge in [-0.3, -0.25) is 9.59 Å². The Hall–Kier alpha value is -2.16. The van der Waals surface area contributed by atoms with Gasteiger partial charge in [0, 0.05) is 17.8 Å². The van der Waals surface area contributed by atoms with Gasteiger partial charge in [-0.05, 0) is 38.0 Å². The van der Waals surface area contributed by atoms with Crippen molar-refractivity contribution in [3.63, 3.8) is 0 Å². The van der Waals surface area contributed by atoms with E-state index in [1.54, 1.807) is 13.8 Å². The molecule has 0 fully saturated rings. The van der Waals surface area contributed by atoms with Crippen LogP contribution in [-0.4, -0.2) is 28.0 Å². The number of carboxylic acids is 1. The topological polar surface area (TPSA) is 79.3 Å². The number of aromatic nitrogens is 1. The molecule has 0 saturated carbocycles. The van der Waals surface area contributed by atoms with Crippen LogP contribution in [0.1, 0.15) is 40.7 Å². The SMILES string of the molecule is Cc1c(C(=O)NC(C)CCC(=O)O)sc2nc(C(F)(F)F)ccc12. The van der Waals surface area contributed by atoms with Crippen LogP contribution in [0.25, 0.3) is 10.2 Å². The number of fused-ring (bicyclic) bond motifs is 1. The smallest absolute Gasteiger partial charge is 0.433 e. The minimum Gasteiger partial charge on any atom is -0.481 e. The van der Waals surface area contributed by atoms with Gasteiger partial charge in [-0.2, -0.15) is 13.2 Å². The lowest BCUT2D eigenvalue weighted by molar-refractivity contribution is -0.141. The number of nitrogens with zero attached hydrogens (tertiary/aromatic N) is 1. The minimum absolute atomic E-state index is 0.0800. The normalized spacial score (nSPS) is 13.0. The molecule has 2 N–H and O–H groups in total. The van der Waals surface area contributed by atoms with Crippen LogP contribution in [0.3, 0.4) is 0 Å². The first-order chi connectivity index (χ1) is 11.1. The van der Waals surface area contributed by atoms with Crippen LogP contribution in [0, 0.1) is 6.92 Å². The molecule has 2 rings (SSSR count). The number of hydrogen-bond donors (Lipinski definition) is 2. The van der Waals surface area contributed by atoms with E-state index in [-0.39, 0.29) is 28.6 Å². The molecule has 2 aromatic rings. The zero-order valence-electron chi connectivity index (χ0n) is 12.9. The Kier molecular flexibility index (Phi) is 5.12. The third-order valence-corrected chi connectivity index (χ3v) is 4.67. The fourth-order valence-corrected chi connectivity index (χ4v) is 3.26. The first kappa shape index (κ1) is 18.2. The van der Waals surface area contributed by atoms with Crippen molar-refractivity contribution in [3.05, 3.63) is 28.3 Å². The second-order valence-corrected chi connectivity index (χ2v) is 6.41. The summed E-state index contributed by atoms with van der Waals surface area (Å²) >= 11 is 0.889. The van der Waals surface area contributed by atoms with E-state index in [1.165, 1.54) is 6.07 Å². The van der Waals surface area contributed by atoms with Crippen molar-refractivity contribution in [3.8, 4) is 0 Å². The maximum atomic E-state index is 12.7. The van der Waals surface area contributed by atoms with Crippen molar-refractivity contribution in [2.24, 2.45) is 0 Å². The van der Waals surface area contributed by atoms with Gasteiger partial charge in [0.1, 0.15) is 10.5 Å². The van der Waals surface area contributed by atoms with Crippen LogP contribution in [-0.2, 0) is 11.0 Å². The van der Waals surface area contributed by atoms with Crippen molar-refractivity contribution in [1.82, 2.24) is 10.3 Å². The van der Waals surface area contributed by atoms with Gasteiger partial charge in [-0.15, -0.1) is 11.3 Å². The lowest BCUT2D eigenvalue weighted by atomic mass is 10.1.